The van der Waals surface area contributed by atoms with Gasteiger partial charge in [0.2, 0.25) is 5.91 Å². The number of hydrogen-bond donors (Lipinski definition) is 2. The van der Waals surface area contributed by atoms with E-state index >= 15 is 0 Å². The van der Waals surface area contributed by atoms with E-state index < -0.39 is 0 Å². The minimum absolute atomic E-state index is 0.00542. The van der Waals surface area contributed by atoms with E-state index in [4.69, 9.17) is 0 Å². The molecule has 2 aromatic rings. The number of carbonyl (C=O) groups is 1. The van der Waals surface area contributed by atoms with E-state index in [1.165, 1.54) is 5.56 Å². The highest BCUT2D eigenvalue weighted by Gasteiger charge is 2.09. The van der Waals surface area contributed by atoms with Gasteiger partial charge in [0.15, 0.2) is 0 Å². The van der Waals surface area contributed by atoms with Gasteiger partial charge in [-0.05, 0) is 31.4 Å². The Balaban J connectivity index is 1.75. The normalized spacial score (nSPS) is 12.0. The summed E-state index contributed by atoms with van der Waals surface area (Å²) in [5, 5.41) is 6.09. The summed E-state index contributed by atoms with van der Waals surface area (Å²) >= 11 is 0. The van der Waals surface area contributed by atoms with Crippen molar-refractivity contribution in [3.8, 4) is 0 Å². The molecule has 0 bridgehead atoms. The van der Waals surface area contributed by atoms with Gasteiger partial charge < -0.3 is 10.6 Å². The number of nitrogens with zero attached hydrogens (tertiary/aromatic N) is 2. The van der Waals surface area contributed by atoms with Crippen LogP contribution in [0.5, 0.6) is 0 Å². The van der Waals surface area contributed by atoms with Crippen LogP contribution >= 0.6 is 0 Å². The summed E-state index contributed by atoms with van der Waals surface area (Å²) in [6.07, 6.45) is 5.68. The fourth-order valence-electron chi connectivity index (χ4n) is 2.45. The number of aromatic nitrogens is 2. The van der Waals surface area contributed by atoms with Gasteiger partial charge in [0.05, 0.1) is 24.0 Å². The number of carbonyl (C=O) groups excluding carboxylic acids is 1. The first-order chi connectivity index (χ1) is 11.6. The molecule has 5 nitrogen and oxygen atoms in total. The molecule has 1 heterocycles. The van der Waals surface area contributed by atoms with Gasteiger partial charge >= 0.3 is 0 Å². The molecule has 2 rings (SSSR count). The van der Waals surface area contributed by atoms with Crippen LogP contribution in [0.25, 0.3) is 0 Å². The summed E-state index contributed by atoms with van der Waals surface area (Å²) in [7, 11) is 0. The number of rotatable bonds is 8. The third-order valence-electron chi connectivity index (χ3n) is 3.82. The van der Waals surface area contributed by atoms with Crippen LogP contribution in [0.2, 0.25) is 0 Å². The second-order valence-corrected chi connectivity index (χ2v) is 6.03. The maximum absolute atomic E-state index is 12.0. The van der Waals surface area contributed by atoms with Gasteiger partial charge in [0.1, 0.15) is 0 Å². The maximum Gasteiger partial charge on any atom is 0.234 e. The highest BCUT2D eigenvalue weighted by molar-refractivity contribution is 5.78. The Kier molecular flexibility index (Phi) is 6.88. The van der Waals surface area contributed by atoms with Gasteiger partial charge in [-0.3, -0.25) is 14.8 Å². The van der Waals surface area contributed by atoms with Crippen molar-refractivity contribution in [2.24, 2.45) is 0 Å². The lowest BCUT2D eigenvalue weighted by atomic mass is 10.0. The molecule has 0 saturated carbocycles. The molecule has 1 aromatic carbocycles. The zero-order valence-corrected chi connectivity index (χ0v) is 14.7. The second-order valence-electron chi connectivity index (χ2n) is 6.03. The molecule has 24 heavy (non-hydrogen) atoms. The standard InChI is InChI=1S/C19H26N4O/c1-4-5-16-6-8-17(9-7-16)15(3)23-19(24)13-20-11-18-12-21-14(2)10-22-18/h6-10,12,15,20H,4-5,11,13H2,1-3H3,(H,23,24)/t15-/m0/s1. The minimum atomic E-state index is -0.0276. The molecule has 0 unspecified atom stereocenters. The smallest absolute Gasteiger partial charge is 0.234 e. The van der Waals surface area contributed by atoms with Gasteiger partial charge in [-0.1, -0.05) is 37.6 Å². The molecule has 0 aliphatic carbocycles. The molecule has 0 fully saturated rings. The van der Waals surface area contributed by atoms with Gasteiger partial charge in [0.25, 0.3) is 0 Å². The van der Waals surface area contributed by atoms with Crippen LogP contribution in [0, 0.1) is 6.92 Å². The SMILES string of the molecule is CCCc1ccc([C@H](C)NC(=O)CNCc2cnc(C)cn2)cc1. The van der Waals surface area contributed by atoms with E-state index in [0.29, 0.717) is 6.54 Å². The summed E-state index contributed by atoms with van der Waals surface area (Å²) < 4.78 is 0. The first-order valence-corrected chi connectivity index (χ1v) is 8.45. The predicted octanol–water partition coefficient (Wildman–Crippen LogP) is 2.70. The van der Waals surface area contributed by atoms with Crippen molar-refractivity contribution in [3.05, 3.63) is 59.2 Å². The summed E-state index contributed by atoms with van der Waals surface area (Å²) in [5.74, 6) is -0.0276. The molecule has 0 aliphatic heterocycles. The summed E-state index contributed by atoms with van der Waals surface area (Å²) in [5.41, 5.74) is 4.16. The monoisotopic (exact) mass is 326 g/mol. The predicted molar refractivity (Wildman–Crippen MR) is 95.5 cm³/mol. The number of aryl methyl sites for hydroxylation is 2. The van der Waals surface area contributed by atoms with Crippen molar-refractivity contribution in [1.29, 1.82) is 0 Å². The van der Waals surface area contributed by atoms with E-state index in [1.807, 2.05) is 13.8 Å². The Hall–Kier alpha value is -2.27. The molecular weight excluding hydrogens is 300 g/mol. The average molecular weight is 326 g/mol. The van der Waals surface area contributed by atoms with Gasteiger partial charge in [-0.15, -0.1) is 0 Å². The Morgan fingerprint density at radius 2 is 1.92 bits per heavy atom. The van der Waals surface area contributed by atoms with Crippen LogP contribution in [0.1, 0.15) is 48.8 Å². The van der Waals surface area contributed by atoms with Crippen LogP contribution in [-0.2, 0) is 17.8 Å². The molecule has 1 aromatic heterocycles. The quantitative estimate of drug-likeness (QED) is 0.783. The Labute approximate surface area is 143 Å². The van der Waals surface area contributed by atoms with Crippen molar-refractivity contribution in [2.75, 3.05) is 6.54 Å². The van der Waals surface area contributed by atoms with Gasteiger partial charge in [-0.2, -0.15) is 0 Å². The van der Waals surface area contributed by atoms with Crippen LogP contribution in [0.3, 0.4) is 0 Å². The molecule has 128 valence electrons. The van der Waals surface area contributed by atoms with Crippen molar-refractivity contribution < 1.29 is 4.79 Å². The summed E-state index contributed by atoms with van der Waals surface area (Å²) in [4.78, 5) is 20.5. The Morgan fingerprint density at radius 1 is 1.17 bits per heavy atom. The van der Waals surface area contributed by atoms with Crippen molar-refractivity contribution >= 4 is 5.91 Å². The maximum atomic E-state index is 12.0. The van der Waals surface area contributed by atoms with Crippen molar-refractivity contribution in [2.45, 2.75) is 46.2 Å². The molecule has 1 atom stereocenters. The number of nitrogens with one attached hydrogen (secondary N) is 2. The van der Waals surface area contributed by atoms with Crippen molar-refractivity contribution in [3.63, 3.8) is 0 Å². The number of benzene rings is 1. The fourth-order valence-corrected chi connectivity index (χ4v) is 2.45. The van der Waals surface area contributed by atoms with Crippen LogP contribution < -0.4 is 10.6 Å². The molecule has 0 saturated heterocycles. The molecule has 0 spiro atoms. The van der Waals surface area contributed by atoms with E-state index in [1.54, 1.807) is 12.4 Å². The number of amides is 1. The lowest BCUT2D eigenvalue weighted by Crippen LogP contribution is -2.35. The molecule has 0 radical (unpaired) electrons. The third kappa shape index (κ3) is 5.74. The third-order valence-corrected chi connectivity index (χ3v) is 3.82. The van der Waals surface area contributed by atoms with Crippen molar-refractivity contribution in [1.82, 2.24) is 20.6 Å². The average Bonchev–Trinajstić information content (AvgIpc) is 2.57. The van der Waals surface area contributed by atoms with Crippen LogP contribution in [-0.4, -0.2) is 22.4 Å². The van der Waals surface area contributed by atoms with Gasteiger partial charge in [-0.25, -0.2) is 0 Å². The van der Waals surface area contributed by atoms with E-state index in [2.05, 4.69) is 51.8 Å². The molecule has 0 aliphatic rings. The van der Waals surface area contributed by atoms with Crippen LogP contribution in [0.4, 0.5) is 0 Å². The lowest BCUT2D eigenvalue weighted by molar-refractivity contribution is -0.120. The number of hydrogen-bond acceptors (Lipinski definition) is 4. The molecular formula is C19H26N4O. The molecule has 2 N–H and O–H groups in total. The Morgan fingerprint density at radius 3 is 2.54 bits per heavy atom. The minimum Gasteiger partial charge on any atom is -0.348 e. The van der Waals surface area contributed by atoms with Gasteiger partial charge in [0, 0.05) is 18.9 Å². The highest BCUT2D eigenvalue weighted by atomic mass is 16.1. The topological polar surface area (TPSA) is 66.9 Å². The summed E-state index contributed by atoms with van der Waals surface area (Å²) in [6, 6.07) is 8.44. The summed E-state index contributed by atoms with van der Waals surface area (Å²) in [6.45, 7) is 6.85. The molecule has 5 heteroatoms. The zero-order chi connectivity index (χ0) is 17.4. The second kappa shape index (κ2) is 9.13. The molecule has 1 amide bonds. The van der Waals surface area contributed by atoms with Crippen LogP contribution in [0.15, 0.2) is 36.7 Å². The largest absolute Gasteiger partial charge is 0.348 e. The zero-order valence-electron chi connectivity index (χ0n) is 14.7. The first kappa shape index (κ1) is 18.1. The van der Waals surface area contributed by atoms with E-state index in [0.717, 1.165) is 29.8 Å². The van der Waals surface area contributed by atoms with E-state index in [-0.39, 0.29) is 18.5 Å². The Bertz CT molecular complexity index is 637. The fraction of sp³-hybridized carbons (Fsp3) is 0.421. The van der Waals surface area contributed by atoms with E-state index in [9.17, 15) is 4.79 Å². The highest BCUT2D eigenvalue weighted by Crippen LogP contribution is 2.14. The first-order valence-electron chi connectivity index (χ1n) is 8.45. The lowest BCUT2D eigenvalue weighted by Gasteiger charge is -2.15.